The lowest BCUT2D eigenvalue weighted by Gasteiger charge is -2.20. The van der Waals surface area contributed by atoms with E-state index >= 15 is 0 Å². The fourth-order valence-corrected chi connectivity index (χ4v) is 3.10. The van der Waals surface area contributed by atoms with E-state index in [0.29, 0.717) is 18.9 Å². The van der Waals surface area contributed by atoms with Gasteiger partial charge in [0.15, 0.2) is 0 Å². The van der Waals surface area contributed by atoms with Crippen LogP contribution in [-0.4, -0.2) is 23.7 Å². The highest BCUT2D eigenvalue weighted by Gasteiger charge is 2.42. The van der Waals surface area contributed by atoms with Crippen LogP contribution in [0.5, 0.6) is 0 Å². The van der Waals surface area contributed by atoms with Crippen LogP contribution in [-0.2, 0) is 4.79 Å². The van der Waals surface area contributed by atoms with Crippen LogP contribution in [0, 0.1) is 17.8 Å². The summed E-state index contributed by atoms with van der Waals surface area (Å²) >= 11 is 0. The molecule has 2 bridgehead atoms. The maximum Gasteiger partial charge on any atom is 0.223 e. The average molecular weight is 211 g/mol. The first-order valence-corrected chi connectivity index (χ1v) is 6.12. The summed E-state index contributed by atoms with van der Waals surface area (Å²) in [5.41, 5.74) is 0. The number of carbonyl (C=O) groups excluding carboxylic acids is 1. The fourth-order valence-electron chi connectivity index (χ4n) is 3.10. The summed E-state index contributed by atoms with van der Waals surface area (Å²) in [5.74, 6) is 1.98. The van der Waals surface area contributed by atoms with Gasteiger partial charge in [0.05, 0.1) is 6.10 Å². The molecule has 3 nitrogen and oxygen atoms in total. The molecule has 2 rings (SSSR count). The first kappa shape index (κ1) is 10.9. The monoisotopic (exact) mass is 211 g/mol. The SMILES string of the molecule is CC(O)CCNC(=O)C1CC2CCC1C2. The first-order chi connectivity index (χ1) is 7.16. The lowest BCUT2D eigenvalue weighted by atomic mass is 9.88. The van der Waals surface area contributed by atoms with Gasteiger partial charge < -0.3 is 10.4 Å². The zero-order chi connectivity index (χ0) is 10.8. The third-order valence-electron chi connectivity index (χ3n) is 3.94. The van der Waals surface area contributed by atoms with E-state index < -0.39 is 0 Å². The normalized spacial score (nSPS) is 35.5. The summed E-state index contributed by atoms with van der Waals surface area (Å²) in [7, 11) is 0. The van der Waals surface area contributed by atoms with Crippen molar-refractivity contribution in [2.45, 2.75) is 45.1 Å². The van der Waals surface area contributed by atoms with E-state index in [2.05, 4.69) is 5.32 Å². The van der Waals surface area contributed by atoms with E-state index in [1.165, 1.54) is 19.3 Å². The van der Waals surface area contributed by atoms with Gasteiger partial charge in [0.2, 0.25) is 5.91 Å². The second-order valence-electron chi connectivity index (χ2n) is 5.21. The molecule has 0 spiro atoms. The molecule has 2 saturated carbocycles. The minimum atomic E-state index is -0.315. The molecule has 4 unspecified atom stereocenters. The molecule has 1 amide bonds. The van der Waals surface area contributed by atoms with Crippen LogP contribution in [0.2, 0.25) is 0 Å². The van der Waals surface area contributed by atoms with Crippen LogP contribution in [0.15, 0.2) is 0 Å². The van der Waals surface area contributed by atoms with Gasteiger partial charge in [-0.05, 0) is 44.4 Å². The van der Waals surface area contributed by atoms with Crippen molar-refractivity contribution in [3.05, 3.63) is 0 Å². The minimum Gasteiger partial charge on any atom is -0.393 e. The van der Waals surface area contributed by atoms with E-state index in [0.717, 1.165) is 12.3 Å². The molecule has 2 aliphatic rings. The largest absolute Gasteiger partial charge is 0.393 e. The molecule has 0 aromatic rings. The molecule has 4 atom stereocenters. The van der Waals surface area contributed by atoms with E-state index in [4.69, 9.17) is 5.11 Å². The number of nitrogens with one attached hydrogen (secondary N) is 1. The Labute approximate surface area is 91.2 Å². The highest BCUT2D eigenvalue weighted by Crippen LogP contribution is 2.48. The predicted octanol–water partition coefficient (Wildman–Crippen LogP) is 1.31. The van der Waals surface area contributed by atoms with Gasteiger partial charge in [-0.25, -0.2) is 0 Å². The maximum absolute atomic E-state index is 11.8. The zero-order valence-corrected chi connectivity index (χ0v) is 9.41. The summed E-state index contributed by atoms with van der Waals surface area (Å²) in [4.78, 5) is 11.8. The summed E-state index contributed by atoms with van der Waals surface area (Å²) in [6.07, 6.45) is 5.30. The summed E-state index contributed by atoms with van der Waals surface area (Å²) in [6.45, 7) is 2.37. The van der Waals surface area contributed by atoms with E-state index in [9.17, 15) is 4.79 Å². The number of rotatable bonds is 4. The minimum absolute atomic E-state index is 0.225. The molecular formula is C12H21NO2. The second kappa shape index (κ2) is 4.52. The van der Waals surface area contributed by atoms with Crippen LogP contribution >= 0.6 is 0 Å². The van der Waals surface area contributed by atoms with Gasteiger partial charge >= 0.3 is 0 Å². The van der Waals surface area contributed by atoms with E-state index in [-0.39, 0.29) is 17.9 Å². The van der Waals surface area contributed by atoms with Crippen LogP contribution in [0.3, 0.4) is 0 Å². The fraction of sp³-hybridized carbons (Fsp3) is 0.917. The molecule has 86 valence electrons. The summed E-state index contributed by atoms with van der Waals surface area (Å²) in [5, 5.41) is 12.0. The van der Waals surface area contributed by atoms with Crippen molar-refractivity contribution >= 4 is 5.91 Å². The number of aliphatic hydroxyl groups excluding tert-OH is 1. The molecule has 0 aromatic carbocycles. The number of hydrogen-bond acceptors (Lipinski definition) is 2. The Morgan fingerprint density at radius 1 is 1.47 bits per heavy atom. The molecule has 3 heteroatoms. The molecule has 2 aliphatic carbocycles. The molecular weight excluding hydrogens is 190 g/mol. The Kier molecular flexibility index (Phi) is 3.29. The topological polar surface area (TPSA) is 49.3 Å². The van der Waals surface area contributed by atoms with Gasteiger partial charge in [-0.3, -0.25) is 4.79 Å². The van der Waals surface area contributed by atoms with Crippen LogP contribution in [0.4, 0.5) is 0 Å². The van der Waals surface area contributed by atoms with Crippen molar-refractivity contribution in [1.29, 1.82) is 0 Å². The van der Waals surface area contributed by atoms with Crippen LogP contribution in [0.25, 0.3) is 0 Å². The number of amides is 1. The number of hydrogen-bond donors (Lipinski definition) is 2. The maximum atomic E-state index is 11.8. The van der Waals surface area contributed by atoms with Gasteiger partial charge in [-0.2, -0.15) is 0 Å². The standard InChI is InChI=1S/C12H21NO2/c1-8(14)4-5-13-12(15)11-7-9-2-3-10(11)6-9/h8-11,14H,2-7H2,1H3,(H,13,15). The van der Waals surface area contributed by atoms with Crippen molar-refractivity contribution in [2.24, 2.45) is 17.8 Å². The third-order valence-corrected chi connectivity index (χ3v) is 3.94. The first-order valence-electron chi connectivity index (χ1n) is 6.12. The summed E-state index contributed by atoms with van der Waals surface area (Å²) in [6, 6.07) is 0. The van der Waals surface area contributed by atoms with Gasteiger partial charge in [-0.1, -0.05) is 6.42 Å². The van der Waals surface area contributed by atoms with Crippen LogP contribution < -0.4 is 5.32 Å². The van der Waals surface area contributed by atoms with Crippen LogP contribution in [0.1, 0.15) is 39.0 Å². The van der Waals surface area contributed by atoms with E-state index in [1.54, 1.807) is 6.92 Å². The zero-order valence-electron chi connectivity index (χ0n) is 9.41. The number of fused-ring (bicyclic) bond motifs is 2. The Hall–Kier alpha value is -0.570. The Morgan fingerprint density at radius 2 is 2.27 bits per heavy atom. The Morgan fingerprint density at radius 3 is 2.80 bits per heavy atom. The van der Waals surface area contributed by atoms with Crippen molar-refractivity contribution in [3.8, 4) is 0 Å². The smallest absolute Gasteiger partial charge is 0.223 e. The van der Waals surface area contributed by atoms with Crippen molar-refractivity contribution in [2.75, 3.05) is 6.54 Å². The number of carbonyl (C=O) groups is 1. The predicted molar refractivity (Wildman–Crippen MR) is 58.2 cm³/mol. The van der Waals surface area contributed by atoms with Gasteiger partial charge in [0.25, 0.3) is 0 Å². The molecule has 0 heterocycles. The molecule has 15 heavy (non-hydrogen) atoms. The van der Waals surface area contributed by atoms with Gasteiger partial charge in [0.1, 0.15) is 0 Å². The quantitative estimate of drug-likeness (QED) is 0.736. The molecule has 0 saturated heterocycles. The molecule has 2 fully saturated rings. The van der Waals surface area contributed by atoms with Gasteiger partial charge in [-0.15, -0.1) is 0 Å². The molecule has 0 radical (unpaired) electrons. The molecule has 0 aliphatic heterocycles. The van der Waals surface area contributed by atoms with Crippen molar-refractivity contribution < 1.29 is 9.90 Å². The second-order valence-corrected chi connectivity index (χ2v) is 5.21. The highest BCUT2D eigenvalue weighted by molar-refractivity contribution is 5.79. The van der Waals surface area contributed by atoms with E-state index in [1.807, 2.05) is 0 Å². The molecule has 0 aromatic heterocycles. The summed E-state index contributed by atoms with van der Waals surface area (Å²) < 4.78 is 0. The molecule has 2 N–H and O–H groups in total. The lowest BCUT2D eigenvalue weighted by Crippen LogP contribution is -2.35. The highest BCUT2D eigenvalue weighted by atomic mass is 16.3. The van der Waals surface area contributed by atoms with Crippen molar-refractivity contribution in [3.63, 3.8) is 0 Å². The van der Waals surface area contributed by atoms with Crippen molar-refractivity contribution in [1.82, 2.24) is 5.32 Å². The third kappa shape index (κ3) is 2.51. The Bertz CT molecular complexity index is 240. The number of aliphatic hydroxyl groups is 1. The average Bonchev–Trinajstić information content (AvgIpc) is 2.77. The van der Waals surface area contributed by atoms with Gasteiger partial charge in [0, 0.05) is 12.5 Å². The Balaban J connectivity index is 1.72. The lowest BCUT2D eigenvalue weighted by molar-refractivity contribution is -0.126.